The second-order valence-corrected chi connectivity index (χ2v) is 5.86. The van der Waals surface area contributed by atoms with Crippen molar-refractivity contribution < 1.29 is 4.79 Å². The minimum Gasteiger partial charge on any atom is -0.353 e. The van der Waals surface area contributed by atoms with Crippen molar-refractivity contribution in [2.75, 3.05) is 5.33 Å². The van der Waals surface area contributed by atoms with Crippen molar-refractivity contribution >= 4 is 37.8 Å². The van der Waals surface area contributed by atoms with Gasteiger partial charge in [-0.05, 0) is 30.5 Å². The van der Waals surface area contributed by atoms with Gasteiger partial charge in [0.05, 0.1) is 6.42 Å². The molecule has 0 bridgehead atoms. The van der Waals surface area contributed by atoms with Crippen molar-refractivity contribution in [3.63, 3.8) is 0 Å². The number of hydrogen-bond donors (Lipinski definition) is 1. The Balaban J connectivity index is 2.50. The van der Waals surface area contributed by atoms with Crippen molar-refractivity contribution in [2.24, 2.45) is 5.92 Å². The molecule has 1 aromatic rings. The highest BCUT2D eigenvalue weighted by molar-refractivity contribution is 9.10. The average Bonchev–Trinajstić information content (AvgIpc) is 2.27. The van der Waals surface area contributed by atoms with Crippen LogP contribution in [0.1, 0.15) is 19.4 Å². The zero-order valence-electron chi connectivity index (χ0n) is 10.0. The molecule has 0 aliphatic carbocycles. The largest absolute Gasteiger partial charge is 0.353 e. The van der Waals surface area contributed by atoms with Gasteiger partial charge in [0.25, 0.3) is 0 Å². The van der Waals surface area contributed by atoms with Crippen LogP contribution >= 0.6 is 31.9 Å². The first-order chi connectivity index (χ1) is 8.02. The Kier molecular flexibility index (Phi) is 6.20. The molecule has 17 heavy (non-hydrogen) atoms. The van der Waals surface area contributed by atoms with Crippen LogP contribution in [0.15, 0.2) is 28.7 Å². The maximum absolute atomic E-state index is 11.8. The minimum absolute atomic E-state index is 0.0726. The highest BCUT2D eigenvalue weighted by Gasteiger charge is 2.13. The van der Waals surface area contributed by atoms with E-state index >= 15 is 0 Å². The predicted octanol–water partition coefficient (Wildman–Crippen LogP) is 3.53. The van der Waals surface area contributed by atoms with E-state index in [9.17, 15) is 4.79 Å². The topological polar surface area (TPSA) is 29.1 Å². The normalized spacial score (nSPS) is 14.1. The van der Waals surface area contributed by atoms with E-state index in [1.165, 1.54) is 0 Å². The number of benzene rings is 1. The van der Waals surface area contributed by atoms with Gasteiger partial charge in [-0.2, -0.15) is 0 Å². The van der Waals surface area contributed by atoms with E-state index in [1.54, 1.807) is 0 Å². The Bertz CT molecular complexity index is 381. The average molecular weight is 363 g/mol. The maximum Gasteiger partial charge on any atom is 0.224 e. The molecule has 0 fully saturated rings. The number of carbonyl (C=O) groups excluding carboxylic acids is 1. The van der Waals surface area contributed by atoms with Crippen LogP contribution in [0, 0.1) is 5.92 Å². The van der Waals surface area contributed by atoms with Gasteiger partial charge in [-0.15, -0.1) is 0 Å². The molecule has 0 heterocycles. The number of amides is 1. The molecule has 1 N–H and O–H groups in total. The molecule has 0 aliphatic rings. The van der Waals surface area contributed by atoms with Gasteiger partial charge in [-0.1, -0.05) is 50.9 Å². The van der Waals surface area contributed by atoms with Crippen LogP contribution in [0.4, 0.5) is 0 Å². The third kappa shape index (κ3) is 5.21. The van der Waals surface area contributed by atoms with E-state index in [4.69, 9.17) is 0 Å². The quantitative estimate of drug-likeness (QED) is 0.797. The molecule has 0 aromatic heterocycles. The lowest BCUT2D eigenvalue weighted by molar-refractivity contribution is -0.121. The first-order valence-corrected chi connectivity index (χ1v) is 7.54. The highest BCUT2D eigenvalue weighted by Crippen LogP contribution is 2.12. The van der Waals surface area contributed by atoms with Crippen molar-refractivity contribution in [3.05, 3.63) is 34.3 Å². The SMILES string of the molecule is CC(CBr)C(C)NC(=O)Cc1cccc(Br)c1. The molecule has 1 amide bonds. The fourth-order valence-electron chi connectivity index (χ4n) is 1.41. The van der Waals surface area contributed by atoms with E-state index in [-0.39, 0.29) is 11.9 Å². The molecule has 2 nitrogen and oxygen atoms in total. The lowest BCUT2D eigenvalue weighted by Gasteiger charge is -2.19. The lowest BCUT2D eigenvalue weighted by Crippen LogP contribution is -2.38. The Hall–Kier alpha value is -0.350. The summed E-state index contributed by atoms with van der Waals surface area (Å²) in [4.78, 5) is 11.8. The number of carbonyl (C=O) groups is 1. The van der Waals surface area contributed by atoms with Crippen molar-refractivity contribution in [1.29, 1.82) is 0 Å². The summed E-state index contributed by atoms with van der Waals surface area (Å²) in [6, 6.07) is 8.02. The summed E-state index contributed by atoms with van der Waals surface area (Å²) in [5.41, 5.74) is 1.02. The van der Waals surface area contributed by atoms with Crippen LogP contribution in [0.25, 0.3) is 0 Å². The van der Waals surface area contributed by atoms with Crippen LogP contribution in [0.5, 0.6) is 0 Å². The Morgan fingerprint density at radius 3 is 2.71 bits per heavy atom. The Morgan fingerprint density at radius 1 is 1.41 bits per heavy atom. The summed E-state index contributed by atoms with van der Waals surface area (Å²) in [6.07, 6.45) is 0.429. The zero-order valence-corrected chi connectivity index (χ0v) is 13.2. The van der Waals surface area contributed by atoms with Gasteiger partial charge in [-0.3, -0.25) is 4.79 Å². The summed E-state index contributed by atoms with van der Waals surface area (Å²) >= 11 is 6.82. The predicted molar refractivity (Wildman–Crippen MR) is 78.4 cm³/mol. The molecule has 2 unspecified atom stereocenters. The number of nitrogens with one attached hydrogen (secondary N) is 1. The number of rotatable bonds is 5. The second kappa shape index (κ2) is 7.17. The van der Waals surface area contributed by atoms with E-state index in [0.29, 0.717) is 12.3 Å². The van der Waals surface area contributed by atoms with Gasteiger partial charge in [0.1, 0.15) is 0 Å². The van der Waals surface area contributed by atoms with Gasteiger partial charge in [0, 0.05) is 15.8 Å². The first-order valence-electron chi connectivity index (χ1n) is 5.62. The minimum atomic E-state index is 0.0726. The van der Waals surface area contributed by atoms with Crippen LogP contribution in [-0.4, -0.2) is 17.3 Å². The van der Waals surface area contributed by atoms with Gasteiger partial charge < -0.3 is 5.32 Å². The van der Waals surface area contributed by atoms with Crippen LogP contribution in [0.3, 0.4) is 0 Å². The summed E-state index contributed by atoms with van der Waals surface area (Å²) in [5, 5.41) is 3.91. The summed E-state index contributed by atoms with van der Waals surface area (Å²) in [6.45, 7) is 4.14. The highest BCUT2D eigenvalue weighted by atomic mass is 79.9. The van der Waals surface area contributed by atoms with Gasteiger partial charge in [0.15, 0.2) is 0 Å². The molecular weight excluding hydrogens is 346 g/mol. The van der Waals surface area contributed by atoms with Gasteiger partial charge in [0.2, 0.25) is 5.91 Å². The third-order valence-corrected chi connectivity index (χ3v) is 4.25. The standard InChI is InChI=1S/C13H17Br2NO/c1-9(8-14)10(2)16-13(17)7-11-4-3-5-12(15)6-11/h3-6,9-10H,7-8H2,1-2H3,(H,16,17). The molecule has 0 spiro atoms. The molecule has 0 aliphatic heterocycles. The molecule has 0 saturated carbocycles. The Labute approximate surface area is 119 Å². The van der Waals surface area contributed by atoms with Gasteiger partial charge >= 0.3 is 0 Å². The summed E-state index contributed by atoms with van der Waals surface area (Å²) in [5.74, 6) is 0.504. The van der Waals surface area contributed by atoms with Crippen molar-refractivity contribution in [1.82, 2.24) is 5.32 Å². The molecule has 2 atom stereocenters. The van der Waals surface area contributed by atoms with Crippen LogP contribution < -0.4 is 5.32 Å². The number of alkyl halides is 1. The molecule has 94 valence electrons. The molecule has 0 radical (unpaired) electrons. The fraction of sp³-hybridized carbons (Fsp3) is 0.462. The molecule has 1 aromatic carbocycles. The molecule has 4 heteroatoms. The second-order valence-electron chi connectivity index (χ2n) is 4.29. The molecular formula is C13H17Br2NO. The maximum atomic E-state index is 11.8. The van der Waals surface area contributed by atoms with E-state index in [2.05, 4.69) is 44.1 Å². The van der Waals surface area contributed by atoms with Gasteiger partial charge in [-0.25, -0.2) is 0 Å². The summed E-state index contributed by atoms with van der Waals surface area (Å²) in [7, 11) is 0. The fourth-order valence-corrected chi connectivity index (χ4v) is 2.42. The van der Waals surface area contributed by atoms with E-state index in [1.807, 2.05) is 31.2 Å². The number of halogens is 2. The van der Waals surface area contributed by atoms with Crippen molar-refractivity contribution in [2.45, 2.75) is 26.3 Å². The number of hydrogen-bond acceptors (Lipinski definition) is 1. The van der Waals surface area contributed by atoms with Crippen LogP contribution in [0.2, 0.25) is 0 Å². The Morgan fingerprint density at radius 2 is 2.12 bits per heavy atom. The van der Waals surface area contributed by atoms with Crippen molar-refractivity contribution in [3.8, 4) is 0 Å². The molecule has 1 rings (SSSR count). The third-order valence-electron chi connectivity index (χ3n) is 2.74. The zero-order chi connectivity index (χ0) is 12.8. The smallest absolute Gasteiger partial charge is 0.224 e. The lowest BCUT2D eigenvalue weighted by atomic mass is 10.1. The molecule has 0 saturated heterocycles. The monoisotopic (exact) mass is 361 g/mol. The first kappa shape index (κ1) is 14.7. The van der Waals surface area contributed by atoms with Crippen LogP contribution in [-0.2, 0) is 11.2 Å². The van der Waals surface area contributed by atoms with E-state index in [0.717, 1.165) is 15.4 Å². The van der Waals surface area contributed by atoms with E-state index < -0.39 is 0 Å². The summed E-state index contributed by atoms with van der Waals surface area (Å²) < 4.78 is 1.00.